The molecule has 0 bridgehead atoms. The Morgan fingerprint density at radius 3 is 2.88 bits per heavy atom. The molecule has 3 atom stereocenters. The van der Waals surface area contributed by atoms with E-state index in [1.807, 2.05) is 0 Å². The molecule has 2 saturated heterocycles. The van der Waals surface area contributed by atoms with Crippen LogP contribution in [0.5, 0.6) is 0 Å². The Bertz CT molecular complexity index is 194. The number of hydrogen-bond donors (Lipinski definition) is 1. The zero-order chi connectivity index (χ0) is 11.4. The second-order valence-electron chi connectivity index (χ2n) is 5.36. The van der Waals surface area contributed by atoms with Crippen LogP contribution in [0, 0.1) is 5.92 Å². The van der Waals surface area contributed by atoms with Crippen LogP contribution >= 0.6 is 0 Å². The molecule has 0 spiro atoms. The lowest BCUT2D eigenvalue weighted by Crippen LogP contribution is -2.43. The fraction of sp³-hybridized carbons (Fsp3) is 1.00. The number of nitrogens with one attached hydrogen (secondary N) is 1. The summed E-state index contributed by atoms with van der Waals surface area (Å²) in [4.78, 5) is 2.60. The number of rotatable bonds is 3. The van der Waals surface area contributed by atoms with E-state index < -0.39 is 0 Å². The highest BCUT2D eigenvalue weighted by atomic mass is 16.5. The zero-order valence-electron chi connectivity index (χ0n) is 10.7. The Hall–Kier alpha value is -0.120. The van der Waals surface area contributed by atoms with Crippen LogP contribution < -0.4 is 5.32 Å². The molecule has 2 rings (SSSR count). The lowest BCUT2D eigenvalue weighted by Gasteiger charge is -2.35. The van der Waals surface area contributed by atoms with E-state index in [9.17, 15) is 0 Å². The molecule has 3 unspecified atom stereocenters. The third-order valence-electron chi connectivity index (χ3n) is 4.41. The van der Waals surface area contributed by atoms with Gasteiger partial charge in [0.05, 0.1) is 6.61 Å². The Morgan fingerprint density at radius 1 is 1.25 bits per heavy atom. The first-order chi connectivity index (χ1) is 7.79. The molecule has 94 valence electrons. The van der Waals surface area contributed by atoms with Crippen molar-refractivity contribution >= 4 is 0 Å². The molecule has 0 aromatic heterocycles. The minimum atomic E-state index is 0.672. The van der Waals surface area contributed by atoms with Gasteiger partial charge in [0.15, 0.2) is 0 Å². The molecule has 2 aliphatic heterocycles. The van der Waals surface area contributed by atoms with Gasteiger partial charge in [0.2, 0.25) is 0 Å². The molecule has 1 N–H and O–H groups in total. The van der Waals surface area contributed by atoms with Crippen LogP contribution in [-0.2, 0) is 4.74 Å². The average molecular weight is 226 g/mol. The van der Waals surface area contributed by atoms with Crippen molar-refractivity contribution in [3.63, 3.8) is 0 Å². The number of hydrogen-bond acceptors (Lipinski definition) is 3. The highest BCUT2D eigenvalue weighted by Gasteiger charge is 2.29. The van der Waals surface area contributed by atoms with Crippen molar-refractivity contribution in [1.82, 2.24) is 10.2 Å². The average Bonchev–Trinajstić information content (AvgIpc) is 2.70. The Balaban J connectivity index is 1.86. The van der Waals surface area contributed by atoms with Crippen LogP contribution in [0.25, 0.3) is 0 Å². The largest absolute Gasteiger partial charge is 0.381 e. The van der Waals surface area contributed by atoms with Crippen LogP contribution in [0.2, 0.25) is 0 Å². The minimum absolute atomic E-state index is 0.672. The summed E-state index contributed by atoms with van der Waals surface area (Å²) in [6, 6.07) is 1.44. The van der Waals surface area contributed by atoms with E-state index in [4.69, 9.17) is 4.74 Å². The van der Waals surface area contributed by atoms with Gasteiger partial charge in [-0.3, -0.25) is 0 Å². The summed E-state index contributed by atoms with van der Waals surface area (Å²) in [5.74, 6) is 0.751. The second kappa shape index (κ2) is 5.99. The first-order valence-corrected chi connectivity index (χ1v) is 6.79. The summed E-state index contributed by atoms with van der Waals surface area (Å²) in [7, 11) is 2.30. The fourth-order valence-electron chi connectivity index (χ4n) is 3.01. The first-order valence-electron chi connectivity index (χ1n) is 6.79. The maximum atomic E-state index is 5.50. The lowest BCUT2D eigenvalue weighted by atomic mass is 9.96. The van der Waals surface area contributed by atoms with Crippen LogP contribution in [0.15, 0.2) is 0 Å². The number of nitrogens with zero attached hydrogens (tertiary/aromatic N) is 1. The molecule has 0 aromatic carbocycles. The molecular weight excluding hydrogens is 200 g/mol. The van der Waals surface area contributed by atoms with Crippen molar-refractivity contribution in [3.8, 4) is 0 Å². The predicted molar refractivity (Wildman–Crippen MR) is 66.7 cm³/mol. The van der Waals surface area contributed by atoms with E-state index in [-0.39, 0.29) is 0 Å². The monoisotopic (exact) mass is 226 g/mol. The SMILES string of the molecule is CC(C1CCOC1)N(C)C1CCCNCC1. The Morgan fingerprint density at radius 2 is 2.12 bits per heavy atom. The highest BCUT2D eigenvalue weighted by Crippen LogP contribution is 2.24. The minimum Gasteiger partial charge on any atom is -0.381 e. The van der Waals surface area contributed by atoms with Gasteiger partial charge < -0.3 is 15.0 Å². The zero-order valence-corrected chi connectivity index (χ0v) is 10.7. The summed E-state index contributed by atoms with van der Waals surface area (Å²) < 4.78 is 5.50. The maximum absolute atomic E-state index is 5.50. The molecule has 3 nitrogen and oxygen atoms in total. The van der Waals surface area contributed by atoms with Crippen molar-refractivity contribution in [1.29, 1.82) is 0 Å². The molecule has 2 aliphatic rings. The fourth-order valence-corrected chi connectivity index (χ4v) is 3.01. The van der Waals surface area contributed by atoms with Gasteiger partial charge in [0.1, 0.15) is 0 Å². The summed E-state index contributed by atoms with van der Waals surface area (Å²) in [5, 5.41) is 3.49. The van der Waals surface area contributed by atoms with Crippen molar-refractivity contribution in [3.05, 3.63) is 0 Å². The van der Waals surface area contributed by atoms with Crippen LogP contribution in [0.4, 0.5) is 0 Å². The molecular formula is C13H26N2O. The van der Waals surface area contributed by atoms with E-state index in [0.717, 1.165) is 25.2 Å². The predicted octanol–water partition coefficient (Wildman–Crippen LogP) is 1.49. The molecule has 0 aliphatic carbocycles. The smallest absolute Gasteiger partial charge is 0.0509 e. The Labute approximate surface area is 99.5 Å². The summed E-state index contributed by atoms with van der Waals surface area (Å²) in [6.07, 6.45) is 5.22. The van der Waals surface area contributed by atoms with Crippen molar-refractivity contribution in [2.24, 2.45) is 5.92 Å². The van der Waals surface area contributed by atoms with Crippen LogP contribution in [-0.4, -0.2) is 50.3 Å². The molecule has 3 heteroatoms. The molecule has 2 fully saturated rings. The van der Waals surface area contributed by atoms with E-state index in [1.165, 1.54) is 38.8 Å². The summed E-state index contributed by atoms with van der Waals surface area (Å²) >= 11 is 0. The van der Waals surface area contributed by atoms with Gasteiger partial charge in [0.25, 0.3) is 0 Å². The van der Waals surface area contributed by atoms with Gasteiger partial charge in [-0.05, 0) is 58.7 Å². The topological polar surface area (TPSA) is 24.5 Å². The molecule has 0 amide bonds. The van der Waals surface area contributed by atoms with Gasteiger partial charge >= 0.3 is 0 Å². The standard InChI is InChI=1S/C13H26N2O/c1-11(12-6-9-16-10-12)15(2)13-4-3-7-14-8-5-13/h11-14H,3-10H2,1-2H3. The third kappa shape index (κ3) is 2.96. The van der Waals surface area contributed by atoms with Crippen LogP contribution in [0.3, 0.4) is 0 Å². The van der Waals surface area contributed by atoms with Gasteiger partial charge in [-0.1, -0.05) is 0 Å². The quantitative estimate of drug-likeness (QED) is 0.789. The second-order valence-corrected chi connectivity index (χ2v) is 5.36. The first kappa shape index (κ1) is 12.3. The van der Waals surface area contributed by atoms with E-state index in [0.29, 0.717) is 6.04 Å². The third-order valence-corrected chi connectivity index (χ3v) is 4.41. The summed E-state index contributed by atoms with van der Waals surface area (Å²) in [6.45, 7) is 6.69. The van der Waals surface area contributed by atoms with Gasteiger partial charge in [-0.15, -0.1) is 0 Å². The van der Waals surface area contributed by atoms with Crippen molar-refractivity contribution < 1.29 is 4.74 Å². The molecule has 0 radical (unpaired) electrons. The molecule has 2 heterocycles. The van der Waals surface area contributed by atoms with Gasteiger partial charge in [0, 0.05) is 18.7 Å². The molecule has 0 saturated carbocycles. The van der Waals surface area contributed by atoms with Crippen molar-refractivity contribution in [2.75, 3.05) is 33.4 Å². The summed E-state index contributed by atoms with van der Waals surface area (Å²) in [5.41, 5.74) is 0. The lowest BCUT2D eigenvalue weighted by molar-refractivity contribution is 0.109. The molecule has 0 aromatic rings. The Kier molecular flexibility index (Phi) is 4.62. The highest BCUT2D eigenvalue weighted by molar-refractivity contribution is 4.82. The van der Waals surface area contributed by atoms with E-state index in [1.54, 1.807) is 0 Å². The van der Waals surface area contributed by atoms with Gasteiger partial charge in [-0.25, -0.2) is 0 Å². The normalized spacial score (nSPS) is 33.9. The van der Waals surface area contributed by atoms with Gasteiger partial charge in [-0.2, -0.15) is 0 Å². The van der Waals surface area contributed by atoms with Crippen molar-refractivity contribution in [2.45, 2.75) is 44.7 Å². The maximum Gasteiger partial charge on any atom is 0.0509 e. The van der Waals surface area contributed by atoms with E-state index in [2.05, 4.69) is 24.2 Å². The van der Waals surface area contributed by atoms with E-state index >= 15 is 0 Å². The molecule has 16 heavy (non-hydrogen) atoms. The number of ether oxygens (including phenoxy) is 1. The van der Waals surface area contributed by atoms with Crippen LogP contribution in [0.1, 0.15) is 32.6 Å².